The van der Waals surface area contributed by atoms with Crippen LogP contribution < -0.4 is 15.1 Å². The zero-order chi connectivity index (χ0) is 21.8. The van der Waals surface area contributed by atoms with Crippen molar-refractivity contribution in [3.05, 3.63) is 58.4 Å². The van der Waals surface area contributed by atoms with Crippen LogP contribution in [0.25, 0.3) is 0 Å². The molecule has 1 saturated heterocycles. The summed E-state index contributed by atoms with van der Waals surface area (Å²) >= 11 is 7.60. The van der Waals surface area contributed by atoms with Crippen molar-refractivity contribution in [2.75, 3.05) is 36.8 Å². The van der Waals surface area contributed by atoms with Crippen LogP contribution in [-0.2, 0) is 11.3 Å². The zero-order valence-corrected chi connectivity index (χ0v) is 18.8. The fourth-order valence-corrected chi connectivity index (χ4v) is 5.26. The Morgan fingerprint density at radius 3 is 2.81 bits per heavy atom. The van der Waals surface area contributed by atoms with Gasteiger partial charge in [-0.3, -0.25) is 9.59 Å². The average molecular weight is 463 g/mol. The first-order valence-corrected chi connectivity index (χ1v) is 12.0. The third-order valence-electron chi connectivity index (χ3n) is 5.85. The number of fused-ring (bicyclic) bond motifs is 1. The molecule has 2 aromatic rings. The molecule has 2 heterocycles. The van der Waals surface area contributed by atoms with Gasteiger partial charge < -0.3 is 15.1 Å². The van der Waals surface area contributed by atoms with Crippen molar-refractivity contribution in [1.82, 2.24) is 5.32 Å². The quantitative estimate of drug-likeness (QED) is 0.622. The van der Waals surface area contributed by atoms with E-state index in [1.165, 1.54) is 54.7 Å². The molecule has 2 N–H and O–H groups in total. The zero-order valence-electron chi connectivity index (χ0n) is 17.3. The second kappa shape index (κ2) is 10.0. The van der Waals surface area contributed by atoms with Gasteiger partial charge in [0.25, 0.3) is 5.91 Å². The normalized spacial score (nSPS) is 16.5. The molecule has 0 radical (unpaired) electrons. The van der Waals surface area contributed by atoms with Crippen LogP contribution in [-0.4, -0.2) is 43.7 Å². The second-order valence-electron chi connectivity index (χ2n) is 7.97. The molecule has 2 amide bonds. The number of benzene rings is 2. The topological polar surface area (TPSA) is 53.9 Å². The van der Waals surface area contributed by atoms with E-state index in [0.717, 1.165) is 17.9 Å². The Kier molecular flexibility index (Phi) is 7.15. The lowest BCUT2D eigenvalue weighted by atomic mass is 10.1. The molecular weight excluding hydrogens is 437 g/mol. The maximum Gasteiger partial charge on any atom is 0.251 e. The molecule has 1 fully saturated rings. The lowest BCUT2D eigenvalue weighted by Crippen LogP contribution is -3.10. The number of halogens is 2. The van der Waals surface area contributed by atoms with Crippen molar-refractivity contribution in [3.63, 3.8) is 0 Å². The smallest absolute Gasteiger partial charge is 0.251 e. The maximum atomic E-state index is 14.3. The van der Waals surface area contributed by atoms with Crippen molar-refractivity contribution < 1.29 is 18.9 Å². The summed E-state index contributed by atoms with van der Waals surface area (Å²) in [6.07, 6.45) is 3.53. The van der Waals surface area contributed by atoms with Crippen LogP contribution in [0.3, 0.4) is 0 Å². The van der Waals surface area contributed by atoms with Gasteiger partial charge in [0.1, 0.15) is 5.82 Å². The summed E-state index contributed by atoms with van der Waals surface area (Å²) in [4.78, 5) is 29.3. The average Bonchev–Trinajstić information content (AvgIpc) is 3.28. The Morgan fingerprint density at radius 2 is 2.03 bits per heavy atom. The molecule has 0 spiro atoms. The van der Waals surface area contributed by atoms with Crippen molar-refractivity contribution in [3.8, 4) is 0 Å². The predicted octanol–water partition coefficient (Wildman–Crippen LogP) is 2.92. The molecule has 0 bridgehead atoms. The van der Waals surface area contributed by atoms with E-state index in [9.17, 15) is 14.0 Å². The highest BCUT2D eigenvalue weighted by molar-refractivity contribution is 8.00. The second-order valence-corrected chi connectivity index (χ2v) is 9.39. The molecule has 8 heteroatoms. The summed E-state index contributed by atoms with van der Waals surface area (Å²) in [5, 5.41) is 3.26. The molecule has 4 rings (SSSR count). The van der Waals surface area contributed by atoms with E-state index >= 15 is 0 Å². The molecule has 31 heavy (non-hydrogen) atoms. The Labute approximate surface area is 190 Å². The van der Waals surface area contributed by atoms with Crippen LogP contribution in [0.5, 0.6) is 0 Å². The standard InChI is InChI=1S/C23H25ClFN3O2S/c24-18-5-3-6-19(25)17(18)14-28-20-13-16(7-8-21(20)31-15-22(28)29)23(30)26-9-4-12-27-10-1-2-11-27/h3,5-8,13H,1-2,4,9-12,14-15H2,(H,26,30)/p+1. The summed E-state index contributed by atoms with van der Waals surface area (Å²) in [6.45, 7) is 4.19. The molecule has 0 saturated carbocycles. The number of hydrogen-bond donors (Lipinski definition) is 2. The molecule has 0 atom stereocenters. The van der Waals surface area contributed by atoms with Crippen molar-refractivity contribution in [2.45, 2.75) is 30.7 Å². The SMILES string of the molecule is O=C(NCCC[NH+]1CCCC1)c1ccc2c(c1)N(Cc1c(F)cccc1Cl)C(=O)CS2. The largest absolute Gasteiger partial charge is 0.352 e. The summed E-state index contributed by atoms with van der Waals surface area (Å²) in [5.41, 5.74) is 1.39. The molecule has 0 aromatic heterocycles. The summed E-state index contributed by atoms with van der Waals surface area (Å²) in [6, 6.07) is 9.82. The number of anilines is 1. The van der Waals surface area contributed by atoms with Crippen molar-refractivity contribution in [2.24, 2.45) is 0 Å². The van der Waals surface area contributed by atoms with Gasteiger partial charge >= 0.3 is 0 Å². The fraction of sp³-hybridized carbons (Fsp3) is 0.391. The number of nitrogens with one attached hydrogen (secondary N) is 2. The lowest BCUT2D eigenvalue weighted by Gasteiger charge is -2.30. The van der Waals surface area contributed by atoms with E-state index in [2.05, 4.69) is 5.32 Å². The molecule has 5 nitrogen and oxygen atoms in total. The Morgan fingerprint density at radius 1 is 1.23 bits per heavy atom. The Bertz CT molecular complexity index is 961. The molecule has 2 aliphatic heterocycles. The van der Waals surface area contributed by atoms with E-state index in [4.69, 9.17) is 11.6 Å². The minimum absolute atomic E-state index is 0.0293. The fourth-order valence-electron chi connectivity index (χ4n) is 4.13. The van der Waals surface area contributed by atoms with E-state index in [0.29, 0.717) is 17.8 Å². The molecular formula is C23H26ClFN3O2S+. The Balaban J connectivity index is 1.46. The van der Waals surface area contributed by atoms with E-state index in [-0.39, 0.29) is 34.7 Å². The van der Waals surface area contributed by atoms with Gasteiger partial charge in [-0.05, 0) is 30.3 Å². The molecule has 0 unspecified atom stereocenters. The van der Waals surface area contributed by atoms with Gasteiger partial charge in [0.05, 0.1) is 37.6 Å². The third-order valence-corrected chi connectivity index (χ3v) is 7.25. The summed E-state index contributed by atoms with van der Waals surface area (Å²) < 4.78 is 14.3. The first kappa shape index (κ1) is 22.1. The number of quaternary nitrogens is 1. The maximum absolute atomic E-state index is 14.3. The van der Waals surface area contributed by atoms with Crippen molar-refractivity contribution in [1.29, 1.82) is 0 Å². The van der Waals surface area contributed by atoms with E-state index < -0.39 is 5.82 Å². The molecule has 2 aromatic carbocycles. The molecule has 164 valence electrons. The van der Waals surface area contributed by atoms with Gasteiger partial charge in [-0.15, -0.1) is 11.8 Å². The number of thioether (sulfide) groups is 1. The molecule has 2 aliphatic rings. The number of amides is 2. The van der Waals surface area contributed by atoms with Gasteiger partial charge in [-0.1, -0.05) is 17.7 Å². The molecule has 0 aliphatic carbocycles. The number of rotatable bonds is 7. The number of carbonyl (C=O) groups excluding carboxylic acids is 2. The Hall–Kier alpha value is -2.09. The number of carbonyl (C=O) groups is 2. The minimum Gasteiger partial charge on any atom is -0.352 e. The highest BCUT2D eigenvalue weighted by atomic mass is 35.5. The van der Waals surface area contributed by atoms with Crippen LogP contribution >= 0.6 is 23.4 Å². The highest BCUT2D eigenvalue weighted by Gasteiger charge is 2.27. The summed E-state index contributed by atoms with van der Waals surface area (Å²) in [7, 11) is 0. The van der Waals surface area contributed by atoms with E-state index in [1.807, 2.05) is 6.07 Å². The van der Waals surface area contributed by atoms with Crippen LogP contribution in [0.15, 0.2) is 41.3 Å². The van der Waals surface area contributed by atoms with Gasteiger partial charge in [-0.25, -0.2) is 4.39 Å². The monoisotopic (exact) mass is 462 g/mol. The number of likely N-dealkylation sites (tertiary alicyclic amines) is 1. The van der Waals surface area contributed by atoms with Gasteiger partial charge in [0.15, 0.2) is 0 Å². The van der Waals surface area contributed by atoms with Gasteiger partial charge in [0.2, 0.25) is 5.91 Å². The van der Waals surface area contributed by atoms with Crippen LogP contribution in [0.1, 0.15) is 35.2 Å². The van der Waals surface area contributed by atoms with Crippen LogP contribution in [0, 0.1) is 5.82 Å². The van der Waals surface area contributed by atoms with Crippen LogP contribution in [0.4, 0.5) is 10.1 Å². The van der Waals surface area contributed by atoms with Crippen LogP contribution in [0.2, 0.25) is 5.02 Å². The first-order chi connectivity index (χ1) is 15.0. The first-order valence-electron chi connectivity index (χ1n) is 10.6. The van der Waals surface area contributed by atoms with Crippen molar-refractivity contribution >= 4 is 40.9 Å². The number of hydrogen-bond acceptors (Lipinski definition) is 3. The number of nitrogens with zero attached hydrogens (tertiary/aromatic N) is 1. The van der Waals surface area contributed by atoms with E-state index in [1.54, 1.807) is 23.1 Å². The van der Waals surface area contributed by atoms with Gasteiger partial charge in [-0.2, -0.15) is 0 Å². The highest BCUT2D eigenvalue weighted by Crippen LogP contribution is 2.37. The predicted molar refractivity (Wildman–Crippen MR) is 122 cm³/mol. The third kappa shape index (κ3) is 5.22. The lowest BCUT2D eigenvalue weighted by molar-refractivity contribution is -0.887. The summed E-state index contributed by atoms with van der Waals surface area (Å²) in [5.74, 6) is -0.480. The van der Waals surface area contributed by atoms with Gasteiger partial charge in [0, 0.05) is 46.9 Å². The minimum atomic E-state index is -0.450.